The van der Waals surface area contributed by atoms with Gasteiger partial charge in [-0.05, 0) is 30.9 Å². The van der Waals surface area contributed by atoms with Crippen LogP contribution in [0.1, 0.15) is 12.8 Å². The Kier molecular flexibility index (Phi) is 4.21. The molecule has 1 aromatic rings. The number of ether oxygens (including phenoxy) is 1. The summed E-state index contributed by atoms with van der Waals surface area (Å²) < 4.78 is 31.4. The van der Waals surface area contributed by atoms with E-state index in [-0.39, 0.29) is 17.2 Å². The Bertz CT molecular complexity index is 497. The van der Waals surface area contributed by atoms with Crippen LogP contribution in [0.2, 0.25) is 0 Å². The number of benzene rings is 1. The summed E-state index contributed by atoms with van der Waals surface area (Å²) in [5.74, 6) is 0.420. The predicted molar refractivity (Wildman–Crippen MR) is 66.8 cm³/mol. The molecule has 0 saturated heterocycles. The standard InChI is InChI=1S/C12H17NO4S/c14-11-3-1-2-4-12(11)18(15,16)13-7-8-17-9-10-5-6-10/h1-4,10,13-14H,5-9H2. The maximum absolute atomic E-state index is 11.8. The lowest BCUT2D eigenvalue weighted by atomic mass is 10.3. The molecule has 0 radical (unpaired) electrons. The Labute approximate surface area is 107 Å². The number of nitrogens with one attached hydrogen (secondary N) is 1. The van der Waals surface area contributed by atoms with Gasteiger partial charge in [0.05, 0.1) is 6.61 Å². The van der Waals surface area contributed by atoms with E-state index in [4.69, 9.17) is 4.74 Å². The first kappa shape index (κ1) is 13.3. The van der Waals surface area contributed by atoms with Crippen molar-refractivity contribution in [3.05, 3.63) is 24.3 Å². The average molecular weight is 271 g/mol. The van der Waals surface area contributed by atoms with Crippen molar-refractivity contribution in [3.8, 4) is 5.75 Å². The number of hydrogen-bond donors (Lipinski definition) is 2. The fraction of sp³-hybridized carbons (Fsp3) is 0.500. The minimum absolute atomic E-state index is 0.104. The predicted octanol–water partition coefficient (Wildman–Crippen LogP) is 1.10. The molecule has 1 fully saturated rings. The summed E-state index contributed by atoms with van der Waals surface area (Å²) in [5, 5.41) is 9.48. The van der Waals surface area contributed by atoms with Crippen LogP contribution < -0.4 is 4.72 Å². The first-order valence-electron chi connectivity index (χ1n) is 5.95. The molecule has 18 heavy (non-hydrogen) atoms. The molecule has 0 amide bonds. The molecule has 100 valence electrons. The zero-order valence-electron chi connectivity index (χ0n) is 10.0. The van der Waals surface area contributed by atoms with Crippen LogP contribution in [0.15, 0.2) is 29.2 Å². The number of hydrogen-bond acceptors (Lipinski definition) is 4. The molecule has 1 aliphatic carbocycles. The zero-order valence-corrected chi connectivity index (χ0v) is 10.8. The number of sulfonamides is 1. The Morgan fingerprint density at radius 1 is 1.33 bits per heavy atom. The molecular weight excluding hydrogens is 254 g/mol. The van der Waals surface area contributed by atoms with E-state index in [0.717, 1.165) is 0 Å². The molecule has 1 aliphatic rings. The summed E-state index contributed by atoms with van der Waals surface area (Å²) >= 11 is 0. The van der Waals surface area contributed by atoms with E-state index in [0.29, 0.717) is 19.1 Å². The van der Waals surface area contributed by atoms with E-state index in [1.54, 1.807) is 12.1 Å². The van der Waals surface area contributed by atoms with E-state index >= 15 is 0 Å². The molecule has 0 spiro atoms. The van der Waals surface area contributed by atoms with E-state index in [1.165, 1.54) is 25.0 Å². The van der Waals surface area contributed by atoms with Crippen LogP contribution in [0.5, 0.6) is 5.75 Å². The van der Waals surface area contributed by atoms with Crippen molar-refractivity contribution >= 4 is 10.0 Å². The Hall–Kier alpha value is -1.11. The van der Waals surface area contributed by atoms with Crippen LogP contribution in [0.25, 0.3) is 0 Å². The first-order valence-corrected chi connectivity index (χ1v) is 7.43. The van der Waals surface area contributed by atoms with Gasteiger partial charge in [0.25, 0.3) is 0 Å². The third kappa shape index (κ3) is 3.69. The number of phenols is 1. The van der Waals surface area contributed by atoms with Gasteiger partial charge in [-0.15, -0.1) is 0 Å². The van der Waals surface area contributed by atoms with Gasteiger partial charge in [-0.25, -0.2) is 13.1 Å². The summed E-state index contributed by atoms with van der Waals surface area (Å²) in [6.07, 6.45) is 2.42. The van der Waals surface area contributed by atoms with Gasteiger partial charge in [0.15, 0.2) is 0 Å². The van der Waals surface area contributed by atoms with Gasteiger partial charge < -0.3 is 9.84 Å². The minimum Gasteiger partial charge on any atom is -0.507 e. The SMILES string of the molecule is O=S(=O)(NCCOCC1CC1)c1ccccc1O. The summed E-state index contributed by atoms with van der Waals surface area (Å²) in [4.78, 5) is -0.104. The van der Waals surface area contributed by atoms with Crippen molar-refractivity contribution in [3.63, 3.8) is 0 Å². The minimum atomic E-state index is -3.66. The molecule has 0 aliphatic heterocycles. The highest BCUT2D eigenvalue weighted by Crippen LogP contribution is 2.28. The fourth-order valence-corrected chi connectivity index (χ4v) is 2.65. The molecule has 0 aromatic heterocycles. The topological polar surface area (TPSA) is 75.6 Å². The van der Waals surface area contributed by atoms with Crippen LogP contribution in [0, 0.1) is 5.92 Å². The van der Waals surface area contributed by atoms with Crippen molar-refractivity contribution in [2.45, 2.75) is 17.7 Å². The molecule has 0 atom stereocenters. The molecule has 0 heterocycles. The highest BCUT2D eigenvalue weighted by Gasteiger charge is 2.21. The van der Waals surface area contributed by atoms with Crippen LogP contribution in [-0.2, 0) is 14.8 Å². The van der Waals surface area contributed by atoms with Gasteiger partial charge in [-0.2, -0.15) is 0 Å². The van der Waals surface area contributed by atoms with E-state index in [9.17, 15) is 13.5 Å². The maximum atomic E-state index is 11.8. The summed E-state index contributed by atoms with van der Waals surface area (Å²) in [6, 6.07) is 5.85. The Morgan fingerprint density at radius 2 is 2.06 bits per heavy atom. The molecule has 2 N–H and O–H groups in total. The molecule has 1 aromatic carbocycles. The first-order chi connectivity index (χ1) is 8.59. The highest BCUT2D eigenvalue weighted by atomic mass is 32.2. The smallest absolute Gasteiger partial charge is 0.244 e. The lowest BCUT2D eigenvalue weighted by molar-refractivity contribution is 0.129. The monoisotopic (exact) mass is 271 g/mol. The molecule has 1 saturated carbocycles. The van der Waals surface area contributed by atoms with Crippen molar-refractivity contribution in [1.29, 1.82) is 0 Å². The lowest BCUT2D eigenvalue weighted by Gasteiger charge is -2.08. The van der Waals surface area contributed by atoms with Gasteiger partial charge in [-0.1, -0.05) is 12.1 Å². The highest BCUT2D eigenvalue weighted by molar-refractivity contribution is 7.89. The number of aromatic hydroxyl groups is 1. The zero-order chi connectivity index (χ0) is 13.0. The molecule has 2 rings (SSSR count). The quantitative estimate of drug-likeness (QED) is 0.728. The van der Waals surface area contributed by atoms with E-state index in [1.807, 2.05) is 0 Å². The Morgan fingerprint density at radius 3 is 2.72 bits per heavy atom. The van der Waals surface area contributed by atoms with E-state index in [2.05, 4.69) is 4.72 Å². The Balaban J connectivity index is 1.81. The van der Waals surface area contributed by atoms with Crippen LogP contribution in [0.3, 0.4) is 0 Å². The second kappa shape index (κ2) is 5.69. The maximum Gasteiger partial charge on any atom is 0.244 e. The van der Waals surface area contributed by atoms with Gasteiger partial charge in [-0.3, -0.25) is 0 Å². The molecular formula is C12H17NO4S. The summed E-state index contributed by atoms with van der Waals surface area (Å²) in [6.45, 7) is 1.27. The summed E-state index contributed by atoms with van der Waals surface area (Å²) in [7, 11) is -3.66. The van der Waals surface area contributed by atoms with Crippen LogP contribution >= 0.6 is 0 Å². The summed E-state index contributed by atoms with van der Waals surface area (Å²) in [5.41, 5.74) is 0. The van der Waals surface area contributed by atoms with Crippen LogP contribution in [-0.4, -0.2) is 33.3 Å². The molecule has 0 unspecified atom stereocenters. The third-order valence-corrected chi connectivity index (χ3v) is 4.25. The third-order valence-electron chi connectivity index (χ3n) is 2.74. The van der Waals surface area contributed by atoms with Gasteiger partial charge in [0.2, 0.25) is 10.0 Å². The van der Waals surface area contributed by atoms with Crippen molar-refractivity contribution in [2.24, 2.45) is 5.92 Å². The van der Waals surface area contributed by atoms with Gasteiger partial charge in [0.1, 0.15) is 10.6 Å². The number of phenolic OH excluding ortho intramolecular Hbond substituents is 1. The van der Waals surface area contributed by atoms with Gasteiger partial charge >= 0.3 is 0 Å². The largest absolute Gasteiger partial charge is 0.507 e. The normalized spacial score (nSPS) is 15.8. The molecule has 0 bridgehead atoms. The second-order valence-electron chi connectivity index (χ2n) is 4.38. The van der Waals surface area contributed by atoms with Crippen molar-refractivity contribution < 1.29 is 18.3 Å². The number of para-hydroxylation sites is 1. The second-order valence-corrected chi connectivity index (χ2v) is 6.12. The van der Waals surface area contributed by atoms with Crippen molar-refractivity contribution in [1.82, 2.24) is 4.72 Å². The number of rotatable bonds is 7. The molecule has 5 nitrogen and oxygen atoms in total. The van der Waals surface area contributed by atoms with Crippen LogP contribution in [0.4, 0.5) is 0 Å². The molecule has 6 heteroatoms. The average Bonchev–Trinajstić information content (AvgIpc) is 3.13. The van der Waals surface area contributed by atoms with Gasteiger partial charge in [0, 0.05) is 13.2 Å². The fourth-order valence-electron chi connectivity index (χ4n) is 1.54. The lowest BCUT2D eigenvalue weighted by Crippen LogP contribution is -2.27. The van der Waals surface area contributed by atoms with Crippen molar-refractivity contribution in [2.75, 3.05) is 19.8 Å². The van der Waals surface area contributed by atoms with E-state index < -0.39 is 10.0 Å².